The normalized spacial score (nSPS) is 13.2. The first-order valence-corrected chi connectivity index (χ1v) is 9.89. The molecule has 0 aliphatic carbocycles. The van der Waals surface area contributed by atoms with Crippen molar-refractivity contribution < 1.29 is 36.6 Å². The molecule has 2 aromatic carbocycles. The van der Waals surface area contributed by atoms with Crippen molar-refractivity contribution in [1.29, 1.82) is 0 Å². The summed E-state index contributed by atoms with van der Waals surface area (Å²) < 4.78 is 61.7. The van der Waals surface area contributed by atoms with Crippen LogP contribution in [0.1, 0.15) is 23.1 Å². The van der Waals surface area contributed by atoms with E-state index in [1.165, 1.54) is 24.3 Å². The van der Waals surface area contributed by atoms with E-state index in [0.29, 0.717) is 5.56 Å². The summed E-state index contributed by atoms with van der Waals surface area (Å²) in [7, 11) is -3.48. The predicted molar refractivity (Wildman–Crippen MR) is 96.4 cm³/mol. The second-order valence-electron chi connectivity index (χ2n) is 6.00. The Balaban J connectivity index is 2.68. The Morgan fingerprint density at radius 1 is 0.964 bits per heavy atom. The van der Waals surface area contributed by atoms with Gasteiger partial charge in [-0.25, -0.2) is 13.2 Å². The molecule has 0 fully saturated rings. The minimum atomic E-state index is -4.54. The smallest absolute Gasteiger partial charge is 0.416 e. The number of carbonyl (C=O) groups is 1. The fourth-order valence-electron chi connectivity index (χ4n) is 2.66. The van der Waals surface area contributed by atoms with Gasteiger partial charge in [-0.05, 0) is 41.0 Å². The van der Waals surface area contributed by atoms with Gasteiger partial charge < -0.3 is 10.2 Å². The van der Waals surface area contributed by atoms with E-state index >= 15 is 0 Å². The molecular weight excluding hydrogens is 397 g/mol. The van der Waals surface area contributed by atoms with Gasteiger partial charge in [0.05, 0.1) is 10.5 Å². The lowest BCUT2D eigenvalue weighted by Gasteiger charge is -2.15. The highest BCUT2D eigenvalue weighted by Crippen LogP contribution is 2.33. The van der Waals surface area contributed by atoms with Crippen LogP contribution in [-0.2, 0) is 20.8 Å². The van der Waals surface area contributed by atoms with Gasteiger partial charge in [-0.3, -0.25) is 0 Å². The van der Waals surface area contributed by atoms with Crippen LogP contribution in [0, 0.1) is 0 Å². The van der Waals surface area contributed by atoms with Crippen LogP contribution in [0.3, 0.4) is 0 Å². The first kappa shape index (κ1) is 21.6. The molecule has 5 nitrogen and oxygen atoms in total. The third-order valence-electron chi connectivity index (χ3n) is 3.99. The summed E-state index contributed by atoms with van der Waals surface area (Å²) in [5, 5.41) is 18.7. The lowest BCUT2D eigenvalue weighted by atomic mass is 9.91. The van der Waals surface area contributed by atoms with Crippen LogP contribution in [-0.4, -0.2) is 37.5 Å². The molecule has 9 heteroatoms. The first-order chi connectivity index (χ1) is 12.9. The van der Waals surface area contributed by atoms with E-state index in [4.69, 9.17) is 0 Å². The van der Waals surface area contributed by atoms with E-state index in [1.54, 1.807) is 0 Å². The zero-order chi connectivity index (χ0) is 21.1. The van der Waals surface area contributed by atoms with E-state index in [-0.39, 0.29) is 28.0 Å². The van der Waals surface area contributed by atoms with E-state index in [0.717, 1.165) is 30.5 Å². The molecule has 0 amide bonds. The molecule has 0 saturated heterocycles. The molecule has 0 atom stereocenters. The number of aliphatic hydroxyl groups excluding tert-OH is 1. The second-order valence-corrected chi connectivity index (χ2v) is 8.02. The number of carboxylic acid groups (broad SMARTS) is 1. The van der Waals surface area contributed by atoms with Crippen molar-refractivity contribution in [1.82, 2.24) is 0 Å². The van der Waals surface area contributed by atoms with Gasteiger partial charge in [-0.1, -0.05) is 24.3 Å². The molecule has 0 aliphatic rings. The van der Waals surface area contributed by atoms with Crippen molar-refractivity contribution in [3.05, 3.63) is 70.8 Å². The number of hydrogen-bond donors (Lipinski definition) is 2. The molecule has 2 N–H and O–H groups in total. The molecule has 0 saturated carbocycles. The average molecular weight is 414 g/mol. The molecule has 0 spiro atoms. The van der Waals surface area contributed by atoms with E-state index in [1.807, 2.05) is 0 Å². The number of hydrogen-bond acceptors (Lipinski definition) is 4. The minimum Gasteiger partial charge on any atom is -0.478 e. The fourth-order valence-corrected chi connectivity index (χ4v) is 3.29. The van der Waals surface area contributed by atoms with Crippen molar-refractivity contribution in [3.8, 4) is 0 Å². The van der Waals surface area contributed by atoms with Crippen molar-refractivity contribution in [2.75, 3.05) is 12.9 Å². The zero-order valence-electron chi connectivity index (χ0n) is 14.7. The highest BCUT2D eigenvalue weighted by atomic mass is 32.2. The summed E-state index contributed by atoms with van der Waals surface area (Å²) in [4.78, 5) is 11.7. The average Bonchev–Trinajstić information content (AvgIpc) is 2.60. The van der Waals surface area contributed by atoms with Gasteiger partial charge in [0.15, 0.2) is 9.84 Å². The van der Waals surface area contributed by atoms with Crippen LogP contribution in [0.4, 0.5) is 13.2 Å². The number of halogens is 3. The topological polar surface area (TPSA) is 91.7 Å². The Labute approximate surface area is 159 Å². The molecule has 0 heterocycles. The third kappa shape index (κ3) is 4.99. The Morgan fingerprint density at radius 3 is 1.79 bits per heavy atom. The number of benzene rings is 2. The summed E-state index contributed by atoms with van der Waals surface area (Å²) in [5.74, 6) is -1.34. The van der Waals surface area contributed by atoms with Gasteiger partial charge in [0.25, 0.3) is 0 Å². The van der Waals surface area contributed by atoms with Crippen LogP contribution < -0.4 is 0 Å². The van der Waals surface area contributed by atoms with Crippen LogP contribution >= 0.6 is 0 Å². The number of aliphatic hydroxyl groups is 1. The van der Waals surface area contributed by atoms with Gasteiger partial charge in [-0.15, -0.1) is 0 Å². The number of rotatable bonds is 6. The van der Waals surface area contributed by atoms with Crippen molar-refractivity contribution in [2.45, 2.75) is 17.5 Å². The predicted octanol–water partition coefficient (Wildman–Crippen LogP) is 3.38. The van der Waals surface area contributed by atoms with Crippen LogP contribution in [0.15, 0.2) is 59.0 Å². The lowest BCUT2D eigenvalue weighted by molar-refractivity contribution is -0.137. The number of sulfone groups is 1. The minimum absolute atomic E-state index is 0.0158. The van der Waals surface area contributed by atoms with Crippen molar-refractivity contribution in [3.63, 3.8) is 0 Å². The molecule has 2 rings (SSSR count). The monoisotopic (exact) mass is 414 g/mol. The molecule has 0 radical (unpaired) electrons. The van der Waals surface area contributed by atoms with Gasteiger partial charge in [-0.2, -0.15) is 13.2 Å². The molecule has 0 bridgehead atoms. The molecule has 0 aliphatic heterocycles. The third-order valence-corrected chi connectivity index (χ3v) is 5.12. The second kappa shape index (κ2) is 8.15. The lowest BCUT2D eigenvalue weighted by Crippen LogP contribution is -2.09. The Morgan fingerprint density at radius 2 is 1.43 bits per heavy atom. The van der Waals surface area contributed by atoms with Gasteiger partial charge >= 0.3 is 12.1 Å². The maximum absolute atomic E-state index is 12.8. The fraction of sp³-hybridized carbons (Fsp3) is 0.211. The van der Waals surface area contributed by atoms with E-state index in [9.17, 15) is 36.6 Å². The Hall–Kier alpha value is -2.65. The highest BCUT2D eigenvalue weighted by Gasteiger charge is 2.30. The number of aliphatic carboxylic acids is 1. The van der Waals surface area contributed by atoms with Gasteiger partial charge in [0, 0.05) is 24.9 Å². The molecule has 150 valence electrons. The summed E-state index contributed by atoms with van der Waals surface area (Å²) >= 11 is 0. The highest BCUT2D eigenvalue weighted by molar-refractivity contribution is 7.90. The largest absolute Gasteiger partial charge is 0.478 e. The number of alkyl halides is 3. The summed E-state index contributed by atoms with van der Waals surface area (Å²) in [5.41, 5.74) is -0.476. The Bertz CT molecular complexity index is 989. The maximum Gasteiger partial charge on any atom is 0.416 e. The van der Waals surface area contributed by atoms with E-state index in [2.05, 4.69) is 0 Å². The maximum atomic E-state index is 12.8. The molecule has 0 unspecified atom stereocenters. The zero-order valence-corrected chi connectivity index (χ0v) is 15.5. The quantitative estimate of drug-likeness (QED) is 0.707. The first-order valence-electron chi connectivity index (χ1n) is 8.00. The van der Waals surface area contributed by atoms with Crippen LogP contribution in [0.5, 0.6) is 0 Å². The summed E-state index contributed by atoms with van der Waals surface area (Å²) in [6, 6.07) is 9.27. The molecule has 2 aromatic rings. The standard InChI is InChI=1S/C19H17F3O5S/c1-28(26,27)15-8-4-13(5-9-15)17(16(10-11-23)18(24)25)12-2-6-14(7-3-12)19(20,21)22/h2-9,23H,10-11H2,1H3,(H,24,25). The number of carboxylic acids is 1. The Kier molecular flexibility index (Phi) is 6.30. The summed E-state index contributed by atoms with van der Waals surface area (Å²) in [6.07, 6.45) is -3.76. The van der Waals surface area contributed by atoms with Gasteiger partial charge in [0.2, 0.25) is 0 Å². The summed E-state index contributed by atoms with van der Waals surface area (Å²) in [6.45, 7) is -0.479. The van der Waals surface area contributed by atoms with Crippen molar-refractivity contribution >= 4 is 21.4 Å². The van der Waals surface area contributed by atoms with Crippen LogP contribution in [0.2, 0.25) is 0 Å². The molecule has 0 aromatic heterocycles. The van der Waals surface area contributed by atoms with Crippen molar-refractivity contribution in [2.24, 2.45) is 0 Å². The van der Waals surface area contributed by atoms with E-state index < -0.39 is 34.2 Å². The van der Waals surface area contributed by atoms with Crippen LogP contribution in [0.25, 0.3) is 5.57 Å². The molecule has 28 heavy (non-hydrogen) atoms. The molecular formula is C19H17F3O5S. The SMILES string of the molecule is CS(=O)(=O)c1ccc(C(=C(CCO)C(=O)O)c2ccc(C(F)(F)F)cc2)cc1. The van der Waals surface area contributed by atoms with Gasteiger partial charge in [0.1, 0.15) is 0 Å².